The van der Waals surface area contributed by atoms with E-state index in [2.05, 4.69) is 12.2 Å². The Morgan fingerprint density at radius 3 is 2.54 bits per heavy atom. The largest absolute Gasteiger partial charge is 0.394 e. The number of aliphatic hydroxyl groups is 1. The van der Waals surface area contributed by atoms with E-state index in [1.807, 2.05) is 0 Å². The summed E-state index contributed by atoms with van der Waals surface area (Å²) < 4.78 is 0. The molecule has 4 nitrogen and oxygen atoms in total. The van der Waals surface area contributed by atoms with Crippen LogP contribution < -0.4 is 11.1 Å². The Bertz CT molecular complexity index is 186. The summed E-state index contributed by atoms with van der Waals surface area (Å²) in [6, 6.07) is -0.538. The molecule has 0 unspecified atom stereocenters. The van der Waals surface area contributed by atoms with E-state index in [-0.39, 0.29) is 6.61 Å². The van der Waals surface area contributed by atoms with E-state index in [1.165, 1.54) is 0 Å². The fourth-order valence-corrected chi connectivity index (χ4v) is 1.90. The number of nitrogens with two attached hydrogens (primary N) is 1. The average Bonchev–Trinajstić information content (AvgIpc) is 2.09. The average molecular weight is 186 g/mol. The lowest BCUT2D eigenvalue weighted by atomic mass is 9.77. The molecule has 0 aromatic heterocycles. The van der Waals surface area contributed by atoms with Crippen molar-refractivity contribution in [2.24, 2.45) is 11.7 Å². The first-order chi connectivity index (χ1) is 6.08. The van der Waals surface area contributed by atoms with Gasteiger partial charge in [-0.3, -0.25) is 0 Å². The van der Waals surface area contributed by atoms with Gasteiger partial charge in [0.2, 0.25) is 0 Å². The molecule has 2 amide bonds. The Balaban J connectivity index is 2.55. The number of carbonyl (C=O) groups excluding carboxylic acids is 1. The van der Waals surface area contributed by atoms with Crippen LogP contribution in [0.15, 0.2) is 0 Å². The van der Waals surface area contributed by atoms with Gasteiger partial charge >= 0.3 is 6.03 Å². The number of urea groups is 1. The van der Waals surface area contributed by atoms with Crippen LogP contribution in [0.25, 0.3) is 0 Å². The van der Waals surface area contributed by atoms with Crippen molar-refractivity contribution in [3.05, 3.63) is 0 Å². The van der Waals surface area contributed by atoms with Crippen LogP contribution in [0.4, 0.5) is 4.79 Å². The highest BCUT2D eigenvalue weighted by Gasteiger charge is 2.34. The number of aliphatic hydroxyl groups excluding tert-OH is 1. The van der Waals surface area contributed by atoms with Gasteiger partial charge in [-0.15, -0.1) is 0 Å². The van der Waals surface area contributed by atoms with Gasteiger partial charge in [0.25, 0.3) is 0 Å². The number of carbonyl (C=O) groups is 1. The molecule has 0 saturated heterocycles. The molecular formula is C9H18N2O2. The zero-order chi connectivity index (χ0) is 9.90. The number of nitrogens with one attached hydrogen (secondary N) is 1. The van der Waals surface area contributed by atoms with Crippen LogP contribution in [0.2, 0.25) is 0 Å². The second kappa shape index (κ2) is 3.96. The summed E-state index contributed by atoms with van der Waals surface area (Å²) >= 11 is 0. The van der Waals surface area contributed by atoms with E-state index < -0.39 is 11.6 Å². The Morgan fingerprint density at radius 1 is 1.62 bits per heavy atom. The molecule has 0 atom stereocenters. The highest BCUT2D eigenvalue weighted by molar-refractivity contribution is 5.72. The third-order valence-electron chi connectivity index (χ3n) is 2.92. The smallest absolute Gasteiger partial charge is 0.312 e. The summed E-state index contributed by atoms with van der Waals surface area (Å²) in [5, 5.41) is 11.9. The second-order valence-electron chi connectivity index (χ2n) is 4.11. The molecule has 1 saturated carbocycles. The van der Waals surface area contributed by atoms with E-state index >= 15 is 0 Å². The minimum atomic E-state index is -0.538. The first-order valence-corrected chi connectivity index (χ1v) is 4.76. The molecule has 4 heteroatoms. The molecule has 76 valence electrons. The Hall–Kier alpha value is -0.770. The highest BCUT2D eigenvalue weighted by atomic mass is 16.3. The van der Waals surface area contributed by atoms with Crippen molar-refractivity contribution in [2.45, 2.75) is 38.1 Å². The van der Waals surface area contributed by atoms with Crippen molar-refractivity contribution >= 4 is 6.03 Å². The highest BCUT2D eigenvalue weighted by Crippen LogP contribution is 2.31. The Kier molecular flexibility index (Phi) is 3.14. The third-order valence-corrected chi connectivity index (χ3v) is 2.92. The first-order valence-electron chi connectivity index (χ1n) is 4.76. The van der Waals surface area contributed by atoms with Crippen LogP contribution in [-0.2, 0) is 0 Å². The lowest BCUT2D eigenvalue weighted by molar-refractivity contribution is 0.113. The van der Waals surface area contributed by atoms with Gasteiger partial charge in [0.1, 0.15) is 0 Å². The summed E-state index contributed by atoms with van der Waals surface area (Å²) in [4.78, 5) is 10.7. The predicted octanol–water partition coefficient (Wildman–Crippen LogP) is 0.596. The van der Waals surface area contributed by atoms with E-state index in [0.29, 0.717) is 5.92 Å². The topological polar surface area (TPSA) is 75.3 Å². The Labute approximate surface area is 78.5 Å². The molecule has 1 aliphatic carbocycles. The van der Waals surface area contributed by atoms with E-state index in [1.54, 1.807) is 0 Å². The normalized spacial score (nSPS) is 34.2. The fourth-order valence-electron chi connectivity index (χ4n) is 1.90. The number of hydrogen-bond donors (Lipinski definition) is 3. The van der Waals surface area contributed by atoms with Crippen molar-refractivity contribution in [1.29, 1.82) is 0 Å². The molecule has 4 N–H and O–H groups in total. The van der Waals surface area contributed by atoms with Crippen molar-refractivity contribution in [2.75, 3.05) is 6.61 Å². The van der Waals surface area contributed by atoms with E-state index in [4.69, 9.17) is 5.73 Å². The number of primary amides is 1. The predicted molar refractivity (Wildman–Crippen MR) is 50.2 cm³/mol. The van der Waals surface area contributed by atoms with Crippen LogP contribution >= 0.6 is 0 Å². The molecule has 0 heterocycles. The minimum Gasteiger partial charge on any atom is -0.394 e. The van der Waals surface area contributed by atoms with Crippen molar-refractivity contribution in [1.82, 2.24) is 5.32 Å². The molecule has 1 rings (SSSR count). The third kappa shape index (κ3) is 2.59. The summed E-state index contributed by atoms with van der Waals surface area (Å²) in [6.07, 6.45) is 3.74. The van der Waals surface area contributed by atoms with E-state index in [9.17, 15) is 9.90 Å². The van der Waals surface area contributed by atoms with Gasteiger partial charge in [0.15, 0.2) is 0 Å². The lowest BCUT2D eigenvalue weighted by Gasteiger charge is -2.38. The number of amides is 2. The maximum absolute atomic E-state index is 10.7. The molecule has 1 aliphatic rings. The molecule has 1 fully saturated rings. The van der Waals surface area contributed by atoms with Crippen molar-refractivity contribution < 1.29 is 9.90 Å². The molecule has 0 bridgehead atoms. The zero-order valence-corrected chi connectivity index (χ0v) is 8.05. The van der Waals surface area contributed by atoms with Gasteiger partial charge in [-0.2, -0.15) is 0 Å². The van der Waals surface area contributed by atoms with Crippen molar-refractivity contribution in [3.8, 4) is 0 Å². The Morgan fingerprint density at radius 2 is 2.15 bits per heavy atom. The molecule has 13 heavy (non-hydrogen) atoms. The fraction of sp³-hybridized carbons (Fsp3) is 0.889. The van der Waals surface area contributed by atoms with Crippen LogP contribution in [0.1, 0.15) is 32.6 Å². The first kappa shape index (κ1) is 10.3. The van der Waals surface area contributed by atoms with Crippen LogP contribution in [-0.4, -0.2) is 23.3 Å². The van der Waals surface area contributed by atoms with Gasteiger partial charge in [-0.05, 0) is 31.6 Å². The molecule has 0 aromatic rings. The van der Waals surface area contributed by atoms with Crippen molar-refractivity contribution in [3.63, 3.8) is 0 Å². The van der Waals surface area contributed by atoms with Gasteiger partial charge in [-0.1, -0.05) is 6.92 Å². The summed E-state index contributed by atoms with van der Waals surface area (Å²) in [7, 11) is 0. The molecule has 0 aliphatic heterocycles. The maximum atomic E-state index is 10.7. The lowest BCUT2D eigenvalue weighted by Crippen LogP contribution is -2.54. The SMILES string of the molecule is CC1CCC(CO)(NC(N)=O)CC1. The molecule has 0 aromatic carbocycles. The summed E-state index contributed by atoms with van der Waals surface area (Å²) in [6.45, 7) is 2.17. The van der Waals surface area contributed by atoms with Gasteiger partial charge < -0.3 is 16.2 Å². The number of rotatable bonds is 2. The molecule has 0 radical (unpaired) electrons. The van der Waals surface area contributed by atoms with E-state index in [0.717, 1.165) is 25.7 Å². The van der Waals surface area contributed by atoms with Crippen LogP contribution in [0.5, 0.6) is 0 Å². The van der Waals surface area contributed by atoms with Crippen LogP contribution in [0, 0.1) is 5.92 Å². The number of hydrogen-bond acceptors (Lipinski definition) is 2. The van der Waals surface area contributed by atoms with Crippen LogP contribution in [0.3, 0.4) is 0 Å². The standard InChI is InChI=1S/C9H18N2O2/c1-7-2-4-9(6-12,5-3-7)11-8(10)13/h7,12H,2-6H2,1H3,(H3,10,11,13). The van der Waals surface area contributed by atoms with Gasteiger partial charge in [0, 0.05) is 0 Å². The zero-order valence-electron chi connectivity index (χ0n) is 8.05. The van der Waals surface area contributed by atoms with Gasteiger partial charge in [-0.25, -0.2) is 4.79 Å². The molecule has 0 spiro atoms. The maximum Gasteiger partial charge on any atom is 0.312 e. The quantitative estimate of drug-likeness (QED) is 0.590. The van der Waals surface area contributed by atoms with Gasteiger partial charge in [0.05, 0.1) is 12.1 Å². The summed E-state index contributed by atoms with van der Waals surface area (Å²) in [5.41, 5.74) is 4.61. The molecular weight excluding hydrogens is 168 g/mol. The minimum absolute atomic E-state index is 0.0113. The summed E-state index contributed by atoms with van der Waals surface area (Å²) in [5.74, 6) is 0.689. The second-order valence-corrected chi connectivity index (χ2v) is 4.11. The monoisotopic (exact) mass is 186 g/mol.